The van der Waals surface area contributed by atoms with E-state index >= 15 is 0 Å². The average molecular weight is 322 g/mol. The van der Waals surface area contributed by atoms with Crippen LogP contribution in [0.2, 0.25) is 0 Å². The van der Waals surface area contributed by atoms with E-state index in [0.717, 1.165) is 38.6 Å². The first-order valence-corrected chi connectivity index (χ1v) is 8.93. The number of methoxy groups -OCH3 is 1. The van der Waals surface area contributed by atoms with Crippen LogP contribution in [0.3, 0.4) is 0 Å². The van der Waals surface area contributed by atoms with Gasteiger partial charge in [-0.25, -0.2) is 0 Å². The zero-order valence-corrected chi connectivity index (χ0v) is 14.9. The highest BCUT2D eigenvalue weighted by Gasteiger charge is 2.58. The quantitative estimate of drug-likeness (QED) is 0.861. The first-order valence-electron chi connectivity index (χ1n) is 8.93. The SMILES string of the molecule is CO[C@]1(C)C[C@@H](NC(=O)[C@H]2CCCN(C(=O)C3CC3)C2)C1(C)C. The molecule has 0 radical (unpaired) electrons. The molecule has 0 spiro atoms. The lowest BCUT2D eigenvalue weighted by molar-refractivity contribution is -0.183. The second kappa shape index (κ2) is 5.76. The molecule has 5 heteroatoms. The van der Waals surface area contributed by atoms with Crippen molar-refractivity contribution in [3.63, 3.8) is 0 Å². The second-order valence-corrected chi connectivity index (χ2v) is 8.32. The highest BCUT2D eigenvalue weighted by molar-refractivity contribution is 5.83. The number of nitrogens with one attached hydrogen (secondary N) is 1. The van der Waals surface area contributed by atoms with Crippen molar-refractivity contribution in [2.75, 3.05) is 20.2 Å². The van der Waals surface area contributed by atoms with Gasteiger partial charge in [0, 0.05) is 37.6 Å². The van der Waals surface area contributed by atoms with E-state index in [1.165, 1.54) is 0 Å². The summed E-state index contributed by atoms with van der Waals surface area (Å²) in [5.74, 6) is 0.550. The molecule has 1 heterocycles. The summed E-state index contributed by atoms with van der Waals surface area (Å²) < 4.78 is 5.62. The zero-order chi connectivity index (χ0) is 16.8. The van der Waals surface area contributed by atoms with Crippen LogP contribution in [0.4, 0.5) is 0 Å². The van der Waals surface area contributed by atoms with E-state index in [1.54, 1.807) is 7.11 Å². The van der Waals surface area contributed by atoms with Crippen molar-refractivity contribution in [3.8, 4) is 0 Å². The highest BCUT2D eigenvalue weighted by atomic mass is 16.5. The largest absolute Gasteiger partial charge is 0.378 e. The van der Waals surface area contributed by atoms with Gasteiger partial charge in [-0.2, -0.15) is 0 Å². The number of likely N-dealkylation sites (tertiary alicyclic amines) is 1. The number of hydrogen-bond donors (Lipinski definition) is 1. The summed E-state index contributed by atoms with van der Waals surface area (Å²) in [6, 6.07) is 0.148. The summed E-state index contributed by atoms with van der Waals surface area (Å²) in [5, 5.41) is 3.21. The molecule has 1 saturated heterocycles. The van der Waals surface area contributed by atoms with E-state index in [4.69, 9.17) is 4.74 Å². The van der Waals surface area contributed by atoms with Gasteiger partial charge < -0.3 is 15.0 Å². The summed E-state index contributed by atoms with van der Waals surface area (Å²) >= 11 is 0. The lowest BCUT2D eigenvalue weighted by atomic mass is 9.55. The fourth-order valence-electron chi connectivity index (χ4n) is 3.99. The molecule has 2 aliphatic carbocycles. The average Bonchev–Trinajstić information content (AvgIpc) is 3.38. The van der Waals surface area contributed by atoms with Crippen LogP contribution in [-0.2, 0) is 14.3 Å². The van der Waals surface area contributed by atoms with Crippen molar-refractivity contribution in [1.82, 2.24) is 10.2 Å². The lowest BCUT2D eigenvalue weighted by Gasteiger charge is -2.59. The van der Waals surface area contributed by atoms with Crippen LogP contribution < -0.4 is 5.32 Å². The molecule has 130 valence electrons. The molecule has 0 bridgehead atoms. The number of hydrogen-bond acceptors (Lipinski definition) is 3. The number of rotatable bonds is 4. The smallest absolute Gasteiger partial charge is 0.225 e. The Morgan fingerprint density at radius 1 is 1.13 bits per heavy atom. The molecule has 23 heavy (non-hydrogen) atoms. The predicted octanol–water partition coefficient (Wildman–Crippen LogP) is 1.95. The van der Waals surface area contributed by atoms with E-state index in [2.05, 4.69) is 26.1 Å². The van der Waals surface area contributed by atoms with Gasteiger partial charge in [0.2, 0.25) is 11.8 Å². The molecule has 0 aromatic heterocycles. The molecule has 3 aliphatic rings. The molecule has 1 aliphatic heterocycles. The lowest BCUT2D eigenvalue weighted by Crippen LogP contribution is -2.69. The van der Waals surface area contributed by atoms with Crippen LogP contribution in [0.1, 0.15) is 52.9 Å². The third kappa shape index (κ3) is 2.88. The molecular weight excluding hydrogens is 292 g/mol. The van der Waals surface area contributed by atoms with Crippen molar-refractivity contribution in [2.45, 2.75) is 64.5 Å². The molecule has 3 rings (SSSR count). The molecule has 2 saturated carbocycles. The molecule has 0 aromatic carbocycles. The topological polar surface area (TPSA) is 58.6 Å². The number of carbonyl (C=O) groups excluding carboxylic acids is 2. The number of amides is 2. The van der Waals surface area contributed by atoms with Gasteiger partial charge in [-0.15, -0.1) is 0 Å². The van der Waals surface area contributed by atoms with Crippen molar-refractivity contribution < 1.29 is 14.3 Å². The van der Waals surface area contributed by atoms with E-state index in [1.807, 2.05) is 4.90 Å². The van der Waals surface area contributed by atoms with E-state index in [9.17, 15) is 9.59 Å². The normalized spacial score (nSPS) is 36.3. The van der Waals surface area contributed by atoms with Crippen LogP contribution in [-0.4, -0.2) is 48.6 Å². The molecular formula is C18H30N2O3. The van der Waals surface area contributed by atoms with Crippen LogP contribution in [0.25, 0.3) is 0 Å². The maximum absolute atomic E-state index is 12.7. The van der Waals surface area contributed by atoms with Crippen LogP contribution in [0, 0.1) is 17.3 Å². The first kappa shape index (κ1) is 16.7. The van der Waals surface area contributed by atoms with Crippen LogP contribution in [0.5, 0.6) is 0 Å². The number of piperidine rings is 1. The third-order valence-electron chi connectivity index (χ3n) is 6.63. The molecule has 3 fully saturated rings. The molecule has 1 N–H and O–H groups in total. The van der Waals surface area contributed by atoms with Gasteiger partial charge in [0.05, 0.1) is 11.5 Å². The first-order chi connectivity index (χ1) is 10.8. The van der Waals surface area contributed by atoms with Crippen LogP contribution in [0.15, 0.2) is 0 Å². The minimum atomic E-state index is -0.175. The van der Waals surface area contributed by atoms with Gasteiger partial charge in [-0.3, -0.25) is 9.59 Å². The number of carbonyl (C=O) groups is 2. The van der Waals surface area contributed by atoms with Gasteiger partial charge in [-0.1, -0.05) is 13.8 Å². The zero-order valence-electron chi connectivity index (χ0n) is 14.9. The van der Waals surface area contributed by atoms with Crippen LogP contribution >= 0.6 is 0 Å². The summed E-state index contributed by atoms with van der Waals surface area (Å²) in [7, 11) is 1.74. The van der Waals surface area contributed by atoms with Crippen molar-refractivity contribution in [2.24, 2.45) is 17.3 Å². The Morgan fingerprint density at radius 2 is 1.83 bits per heavy atom. The summed E-state index contributed by atoms with van der Waals surface area (Å²) in [4.78, 5) is 26.8. The highest BCUT2D eigenvalue weighted by Crippen LogP contribution is 2.51. The third-order valence-corrected chi connectivity index (χ3v) is 6.63. The minimum absolute atomic E-state index is 0.0587. The molecule has 0 unspecified atom stereocenters. The molecule has 0 aromatic rings. The Balaban J connectivity index is 1.55. The Bertz CT molecular complexity index is 500. The molecule has 3 atom stereocenters. The maximum Gasteiger partial charge on any atom is 0.225 e. The Labute approximate surface area is 139 Å². The van der Waals surface area contributed by atoms with Gasteiger partial charge in [0.1, 0.15) is 0 Å². The maximum atomic E-state index is 12.7. The molecule has 2 amide bonds. The monoisotopic (exact) mass is 322 g/mol. The predicted molar refractivity (Wildman–Crippen MR) is 87.8 cm³/mol. The fourth-order valence-corrected chi connectivity index (χ4v) is 3.99. The Kier molecular flexibility index (Phi) is 4.20. The van der Waals surface area contributed by atoms with Crippen molar-refractivity contribution in [3.05, 3.63) is 0 Å². The fraction of sp³-hybridized carbons (Fsp3) is 0.889. The van der Waals surface area contributed by atoms with Crippen molar-refractivity contribution >= 4 is 11.8 Å². The van der Waals surface area contributed by atoms with Crippen molar-refractivity contribution in [1.29, 1.82) is 0 Å². The Hall–Kier alpha value is -1.10. The van der Waals surface area contributed by atoms with Gasteiger partial charge in [0.25, 0.3) is 0 Å². The summed E-state index contributed by atoms with van der Waals surface area (Å²) in [6.45, 7) is 7.81. The summed E-state index contributed by atoms with van der Waals surface area (Å²) in [5.41, 5.74) is -0.249. The standard InChI is InChI=1S/C18H30N2O3/c1-17(2)14(10-18(17,3)23-4)19-15(21)13-6-5-9-20(11-13)16(22)12-7-8-12/h12-14H,5-11H2,1-4H3,(H,19,21)/t13-,14+,18+/m0/s1. The Morgan fingerprint density at radius 3 is 2.39 bits per heavy atom. The summed E-state index contributed by atoms with van der Waals surface area (Å²) in [6.07, 6.45) is 4.71. The van der Waals surface area contributed by atoms with E-state index in [-0.39, 0.29) is 40.7 Å². The molecule has 5 nitrogen and oxygen atoms in total. The van der Waals surface area contributed by atoms with Gasteiger partial charge >= 0.3 is 0 Å². The van der Waals surface area contributed by atoms with E-state index in [0.29, 0.717) is 6.54 Å². The van der Waals surface area contributed by atoms with E-state index < -0.39 is 0 Å². The second-order valence-electron chi connectivity index (χ2n) is 8.32. The number of nitrogens with zero attached hydrogens (tertiary/aromatic N) is 1. The minimum Gasteiger partial charge on any atom is -0.378 e. The van der Waals surface area contributed by atoms with Gasteiger partial charge in [0.15, 0.2) is 0 Å². The van der Waals surface area contributed by atoms with Gasteiger partial charge in [-0.05, 0) is 39.0 Å². The number of ether oxygens (including phenoxy) is 1.